The molecular weight excluding hydrogens is 603 g/mol. The lowest BCUT2D eigenvalue weighted by Gasteiger charge is -2.03. The van der Waals surface area contributed by atoms with Crippen LogP contribution in [-0.4, -0.2) is 25.4 Å². The molecule has 0 fully saturated rings. The third kappa shape index (κ3) is 4.43. The normalized spacial score (nSPS) is 11.5. The number of aryl methyl sites for hydroxylation is 2. The summed E-state index contributed by atoms with van der Waals surface area (Å²) >= 11 is 3.22. The number of fused-ring (bicyclic) bond motifs is 7. The van der Waals surface area contributed by atoms with E-state index in [0.29, 0.717) is 21.3 Å². The van der Waals surface area contributed by atoms with Crippen LogP contribution in [0.4, 0.5) is 4.39 Å². The predicted octanol–water partition coefficient (Wildman–Crippen LogP) is 9.89. The highest BCUT2D eigenvalue weighted by atomic mass is 79.9. The molecule has 0 saturated heterocycles. The SMILES string of the molecule is CCn1c2ccccc2c2cc(-c3nc4c(F)c(Br)ccc4[nH]3)ccc21.CCn1c2ccccc2c2cc(C=O)ccc21. The molecule has 0 atom stereocenters. The van der Waals surface area contributed by atoms with Gasteiger partial charge in [0.05, 0.1) is 9.99 Å². The van der Waals surface area contributed by atoms with Crippen LogP contribution in [-0.2, 0) is 13.1 Å². The van der Waals surface area contributed by atoms with Gasteiger partial charge in [-0.2, -0.15) is 0 Å². The van der Waals surface area contributed by atoms with Crippen molar-refractivity contribution in [2.24, 2.45) is 0 Å². The third-order valence-corrected chi connectivity index (χ3v) is 8.77. The molecular formula is C36H28BrFN4O. The Morgan fingerprint density at radius 2 is 1.33 bits per heavy atom. The molecule has 3 heterocycles. The predicted molar refractivity (Wildman–Crippen MR) is 178 cm³/mol. The molecule has 7 heteroatoms. The Kier molecular flexibility index (Phi) is 6.82. The number of rotatable bonds is 4. The van der Waals surface area contributed by atoms with Crippen molar-refractivity contribution in [1.29, 1.82) is 0 Å². The second-order valence-electron chi connectivity index (χ2n) is 10.5. The van der Waals surface area contributed by atoms with Crippen molar-refractivity contribution in [2.75, 3.05) is 0 Å². The molecule has 212 valence electrons. The maximum absolute atomic E-state index is 14.3. The molecule has 0 radical (unpaired) electrons. The van der Waals surface area contributed by atoms with E-state index >= 15 is 0 Å². The van der Waals surface area contributed by atoms with E-state index in [0.717, 1.165) is 35.9 Å². The number of aldehydes is 1. The van der Waals surface area contributed by atoms with Gasteiger partial charge in [0.25, 0.3) is 0 Å². The number of nitrogens with zero attached hydrogens (tertiary/aromatic N) is 3. The molecule has 5 nitrogen and oxygen atoms in total. The zero-order valence-electron chi connectivity index (χ0n) is 23.7. The standard InChI is InChI=1S/C21H15BrFN3.C15H13NO/c1-2-26-17-6-4-3-5-13(17)14-11-12(7-10-18(14)26)21-24-16-9-8-15(22)19(23)20(16)25-21;1-2-16-14-6-4-3-5-12(14)13-9-11(10-17)7-8-15(13)16/h3-11H,2H2,1H3,(H,24,25);3-10H,2H2,1H3. The minimum Gasteiger partial charge on any atom is -0.341 e. The number of imidazole rings is 1. The van der Waals surface area contributed by atoms with Crippen LogP contribution >= 0.6 is 15.9 Å². The number of nitrogens with one attached hydrogen (secondary N) is 1. The van der Waals surface area contributed by atoms with Crippen molar-refractivity contribution < 1.29 is 9.18 Å². The van der Waals surface area contributed by atoms with Crippen LogP contribution in [0.15, 0.2) is 102 Å². The van der Waals surface area contributed by atoms with E-state index in [2.05, 4.69) is 97.4 Å². The number of aromatic amines is 1. The lowest BCUT2D eigenvalue weighted by Crippen LogP contribution is -1.92. The van der Waals surface area contributed by atoms with Gasteiger partial charge in [0.2, 0.25) is 0 Å². The fourth-order valence-corrected chi connectivity index (χ4v) is 6.50. The Hall–Kier alpha value is -4.75. The number of carbonyl (C=O) groups is 1. The van der Waals surface area contributed by atoms with Crippen LogP contribution in [0.2, 0.25) is 0 Å². The molecule has 0 unspecified atom stereocenters. The minimum absolute atomic E-state index is 0.339. The first-order chi connectivity index (χ1) is 21.0. The van der Waals surface area contributed by atoms with Gasteiger partial charge < -0.3 is 14.1 Å². The second kappa shape index (κ2) is 10.8. The summed E-state index contributed by atoms with van der Waals surface area (Å²) in [5, 5.41) is 4.78. The number of carbonyl (C=O) groups excluding carboxylic acids is 1. The first-order valence-electron chi connectivity index (χ1n) is 14.3. The van der Waals surface area contributed by atoms with Gasteiger partial charge in [0.15, 0.2) is 5.82 Å². The van der Waals surface area contributed by atoms with Gasteiger partial charge in [-0.15, -0.1) is 0 Å². The average molecular weight is 632 g/mol. The Morgan fingerprint density at radius 3 is 1.95 bits per heavy atom. The zero-order valence-corrected chi connectivity index (χ0v) is 25.3. The fourth-order valence-electron chi connectivity index (χ4n) is 6.18. The first kappa shape index (κ1) is 27.1. The number of H-pyrrole nitrogens is 1. The topological polar surface area (TPSA) is 55.6 Å². The first-order valence-corrected chi connectivity index (χ1v) is 15.1. The molecule has 0 aliphatic rings. The highest BCUT2D eigenvalue weighted by Gasteiger charge is 2.15. The molecule has 0 saturated carbocycles. The van der Waals surface area contributed by atoms with Crippen molar-refractivity contribution in [3.8, 4) is 11.4 Å². The van der Waals surface area contributed by atoms with Gasteiger partial charge in [0, 0.05) is 67.8 Å². The van der Waals surface area contributed by atoms with E-state index in [-0.39, 0.29) is 5.82 Å². The van der Waals surface area contributed by atoms with Gasteiger partial charge in [-0.25, -0.2) is 9.37 Å². The van der Waals surface area contributed by atoms with Crippen molar-refractivity contribution in [2.45, 2.75) is 26.9 Å². The van der Waals surface area contributed by atoms with Crippen molar-refractivity contribution in [3.63, 3.8) is 0 Å². The Balaban J connectivity index is 0.000000153. The minimum atomic E-state index is -0.339. The monoisotopic (exact) mass is 630 g/mol. The maximum atomic E-state index is 14.3. The molecule has 1 N–H and O–H groups in total. The second-order valence-corrected chi connectivity index (χ2v) is 11.3. The molecule has 0 spiro atoms. The van der Waals surface area contributed by atoms with Gasteiger partial charge in [-0.05, 0) is 90.4 Å². The summed E-state index contributed by atoms with van der Waals surface area (Å²) in [4.78, 5) is 18.6. The third-order valence-electron chi connectivity index (χ3n) is 8.16. The Labute approximate surface area is 255 Å². The molecule has 0 bridgehead atoms. The number of aromatic nitrogens is 4. The average Bonchev–Trinajstić information content (AvgIpc) is 3.73. The number of benzene rings is 5. The van der Waals surface area contributed by atoms with Gasteiger partial charge in [-0.1, -0.05) is 36.4 Å². The van der Waals surface area contributed by atoms with Crippen LogP contribution in [0.3, 0.4) is 0 Å². The molecule has 0 aliphatic heterocycles. The smallest absolute Gasteiger partial charge is 0.165 e. The quantitative estimate of drug-likeness (QED) is 0.197. The van der Waals surface area contributed by atoms with Gasteiger partial charge in [0.1, 0.15) is 17.6 Å². The molecule has 5 aromatic carbocycles. The van der Waals surface area contributed by atoms with Crippen LogP contribution in [0, 0.1) is 5.82 Å². The number of halogens is 2. The van der Waals surface area contributed by atoms with Crippen LogP contribution < -0.4 is 0 Å². The Bertz CT molecular complexity index is 2330. The summed E-state index contributed by atoms with van der Waals surface area (Å²) in [5.41, 5.74) is 7.57. The summed E-state index contributed by atoms with van der Waals surface area (Å²) in [6.07, 6.45) is 0.900. The zero-order chi connectivity index (χ0) is 29.7. The van der Waals surface area contributed by atoms with Crippen LogP contribution in [0.5, 0.6) is 0 Å². The summed E-state index contributed by atoms with van der Waals surface area (Å²) in [7, 11) is 0. The number of hydrogen-bond donors (Lipinski definition) is 1. The molecule has 0 aliphatic carbocycles. The summed E-state index contributed by atoms with van der Waals surface area (Å²) in [5.74, 6) is 0.334. The molecule has 0 amide bonds. The van der Waals surface area contributed by atoms with E-state index in [1.165, 1.54) is 38.2 Å². The highest BCUT2D eigenvalue weighted by molar-refractivity contribution is 9.10. The van der Waals surface area contributed by atoms with Crippen molar-refractivity contribution in [3.05, 3.63) is 113 Å². The highest BCUT2D eigenvalue weighted by Crippen LogP contribution is 2.33. The maximum Gasteiger partial charge on any atom is 0.165 e. The van der Waals surface area contributed by atoms with Gasteiger partial charge >= 0.3 is 0 Å². The molecule has 3 aromatic heterocycles. The van der Waals surface area contributed by atoms with E-state index in [4.69, 9.17) is 0 Å². The Morgan fingerprint density at radius 1 is 0.744 bits per heavy atom. The van der Waals surface area contributed by atoms with E-state index in [1.807, 2.05) is 42.5 Å². The largest absolute Gasteiger partial charge is 0.341 e. The molecule has 8 rings (SSSR count). The van der Waals surface area contributed by atoms with Crippen LogP contribution in [0.25, 0.3) is 66.0 Å². The number of para-hydroxylation sites is 2. The number of hydrogen-bond acceptors (Lipinski definition) is 2. The lowest BCUT2D eigenvalue weighted by molar-refractivity contribution is 0.112. The van der Waals surface area contributed by atoms with E-state index < -0.39 is 0 Å². The summed E-state index contributed by atoms with van der Waals surface area (Å²) < 4.78 is 19.3. The molecule has 43 heavy (non-hydrogen) atoms. The van der Waals surface area contributed by atoms with Crippen molar-refractivity contribution in [1.82, 2.24) is 19.1 Å². The van der Waals surface area contributed by atoms with Crippen molar-refractivity contribution >= 4 is 76.9 Å². The van der Waals surface area contributed by atoms with Crippen LogP contribution in [0.1, 0.15) is 24.2 Å². The summed E-state index contributed by atoms with van der Waals surface area (Å²) in [6, 6.07) is 32.4. The summed E-state index contributed by atoms with van der Waals surface area (Å²) in [6.45, 7) is 6.14. The van der Waals surface area contributed by atoms with Gasteiger partial charge in [-0.3, -0.25) is 4.79 Å². The van der Waals surface area contributed by atoms with E-state index in [9.17, 15) is 9.18 Å². The lowest BCUT2D eigenvalue weighted by atomic mass is 10.1. The van der Waals surface area contributed by atoms with E-state index in [1.54, 1.807) is 6.07 Å². The molecule has 8 aromatic rings. The fraction of sp³-hybridized carbons (Fsp3) is 0.111.